The van der Waals surface area contributed by atoms with E-state index in [2.05, 4.69) is 10.4 Å². The van der Waals surface area contributed by atoms with Crippen molar-refractivity contribution >= 4 is 11.9 Å². The molecule has 1 aromatic heterocycles. The van der Waals surface area contributed by atoms with E-state index in [1.807, 2.05) is 13.8 Å². The first-order chi connectivity index (χ1) is 16.5. The highest BCUT2D eigenvalue weighted by atomic mass is 19.1. The number of benzene rings is 2. The number of aliphatic carboxylic acids is 1. The molecule has 0 unspecified atom stereocenters. The third kappa shape index (κ3) is 6.42. The number of ether oxygens (including phenoxy) is 1. The monoisotopic (exact) mass is 487 g/mol. The number of halogens is 2. The zero-order valence-electron chi connectivity index (χ0n) is 19.5. The average molecular weight is 488 g/mol. The van der Waals surface area contributed by atoms with Crippen LogP contribution in [0.5, 0.6) is 5.88 Å². The van der Waals surface area contributed by atoms with Gasteiger partial charge in [-0.3, -0.25) is 9.59 Å². The van der Waals surface area contributed by atoms with Crippen LogP contribution < -0.4 is 10.1 Å². The van der Waals surface area contributed by atoms with Crippen LogP contribution >= 0.6 is 0 Å². The van der Waals surface area contributed by atoms with Gasteiger partial charge in [0.1, 0.15) is 23.9 Å². The Morgan fingerprint density at radius 2 is 1.80 bits per heavy atom. The minimum Gasteiger partial charge on any atom is -0.481 e. The van der Waals surface area contributed by atoms with Crippen molar-refractivity contribution in [3.8, 4) is 11.6 Å². The topological polar surface area (TPSA) is 114 Å². The molecular weight excluding hydrogens is 460 g/mol. The van der Waals surface area contributed by atoms with Crippen LogP contribution in [0, 0.1) is 17.6 Å². The minimum atomic E-state index is -1.21. The molecule has 3 aromatic rings. The van der Waals surface area contributed by atoms with Gasteiger partial charge in [-0.25, -0.2) is 8.78 Å². The lowest BCUT2D eigenvalue weighted by Gasteiger charge is -2.27. The molecule has 2 aromatic carbocycles. The van der Waals surface area contributed by atoms with Gasteiger partial charge in [0.15, 0.2) is 5.69 Å². The minimum absolute atomic E-state index is 0.0118. The number of rotatable bonds is 10. The van der Waals surface area contributed by atoms with E-state index in [1.165, 1.54) is 36.4 Å². The lowest BCUT2D eigenvalue weighted by atomic mass is 9.94. The molecule has 0 bridgehead atoms. The van der Waals surface area contributed by atoms with E-state index in [-0.39, 0.29) is 29.8 Å². The quantitative estimate of drug-likeness (QED) is 0.400. The maximum absolute atomic E-state index is 14.5. The smallest absolute Gasteiger partial charge is 0.305 e. The van der Waals surface area contributed by atoms with E-state index < -0.39 is 41.6 Å². The summed E-state index contributed by atoms with van der Waals surface area (Å²) < 4.78 is 34.7. The zero-order valence-corrected chi connectivity index (χ0v) is 19.5. The predicted octanol–water partition coefficient (Wildman–Crippen LogP) is 3.88. The predicted molar refractivity (Wildman–Crippen MR) is 123 cm³/mol. The summed E-state index contributed by atoms with van der Waals surface area (Å²) in [5, 5.41) is 26.6. The molecule has 0 aliphatic carbocycles. The Morgan fingerprint density at radius 3 is 2.40 bits per heavy atom. The molecule has 1 amide bonds. The second-order valence-electron chi connectivity index (χ2n) is 8.71. The van der Waals surface area contributed by atoms with Gasteiger partial charge < -0.3 is 20.3 Å². The Morgan fingerprint density at radius 1 is 1.14 bits per heavy atom. The Balaban J connectivity index is 1.94. The second-order valence-corrected chi connectivity index (χ2v) is 8.71. The fourth-order valence-corrected chi connectivity index (χ4v) is 3.11. The van der Waals surface area contributed by atoms with Gasteiger partial charge in [0, 0.05) is 6.07 Å². The van der Waals surface area contributed by atoms with E-state index in [0.29, 0.717) is 5.56 Å². The number of aliphatic hydroxyl groups is 1. The number of para-hydroxylation sites is 1. The fourth-order valence-electron chi connectivity index (χ4n) is 3.11. The number of carbonyl (C=O) groups excluding carboxylic acids is 1. The molecule has 0 saturated carbocycles. The number of carboxylic acid groups (broad SMARTS) is 1. The molecule has 0 radical (unpaired) electrons. The molecule has 0 aliphatic rings. The van der Waals surface area contributed by atoms with Crippen molar-refractivity contribution in [2.75, 3.05) is 6.61 Å². The number of nitrogens with zero attached hydrogens (tertiary/aromatic N) is 2. The lowest BCUT2D eigenvalue weighted by Crippen LogP contribution is -2.38. The van der Waals surface area contributed by atoms with Gasteiger partial charge in [0.05, 0.1) is 18.1 Å². The van der Waals surface area contributed by atoms with Gasteiger partial charge >= 0.3 is 5.97 Å². The highest BCUT2D eigenvalue weighted by molar-refractivity contribution is 5.93. The van der Waals surface area contributed by atoms with Crippen molar-refractivity contribution in [2.24, 2.45) is 5.92 Å². The van der Waals surface area contributed by atoms with Gasteiger partial charge in [-0.2, -0.15) is 9.78 Å². The third-order valence-corrected chi connectivity index (χ3v) is 5.70. The zero-order chi connectivity index (χ0) is 25.8. The van der Waals surface area contributed by atoms with E-state index in [9.17, 15) is 28.6 Å². The van der Waals surface area contributed by atoms with Gasteiger partial charge in [-0.05, 0) is 42.7 Å². The third-order valence-electron chi connectivity index (χ3n) is 5.70. The van der Waals surface area contributed by atoms with Crippen LogP contribution in [-0.4, -0.2) is 44.1 Å². The molecule has 0 spiro atoms. The number of hydrogen-bond donors (Lipinski definition) is 3. The summed E-state index contributed by atoms with van der Waals surface area (Å²) in [6.07, 6.45) is -0.452. The highest BCUT2D eigenvalue weighted by Gasteiger charge is 2.28. The summed E-state index contributed by atoms with van der Waals surface area (Å²) in [5.74, 6) is -3.16. The summed E-state index contributed by atoms with van der Waals surface area (Å²) in [5.41, 5.74) is -0.960. The van der Waals surface area contributed by atoms with Crippen LogP contribution in [-0.2, 0) is 4.79 Å². The van der Waals surface area contributed by atoms with Crippen LogP contribution in [0.1, 0.15) is 49.3 Å². The number of aromatic nitrogens is 2. The maximum atomic E-state index is 14.5. The van der Waals surface area contributed by atoms with E-state index in [1.54, 1.807) is 13.0 Å². The second kappa shape index (κ2) is 10.6. The SMILES string of the molecule is CC(C)[C@](C)(O)COc1cc(C(=O)N[C@@H](CC(=O)O)c2ccc(F)cc2)nn1-c1ccccc1F. The molecule has 186 valence electrons. The summed E-state index contributed by atoms with van der Waals surface area (Å²) in [6.45, 7) is 5.07. The van der Waals surface area contributed by atoms with Gasteiger partial charge in [-0.1, -0.05) is 38.1 Å². The van der Waals surface area contributed by atoms with Gasteiger partial charge in [0.25, 0.3) is 5.91 Å². The first-order valence-corrected chi connectivity index (χ1v) is 11.0. The molecule has 3 rings (SSSR count). The van der Waals surface area contributed by atoms with Crippen LogP contribution in [0.4, 0.5) is 8.78 Å². The number of nitrogens with one attached hydrogen (secondary N) is 1. The van der Waals surface area contributed by atoms with Gasteiger partial charge in [0.2, 0.25) is 5.88 Å². The Labute approximate surface area is 201 Å². The van der Waals surface area contributed by atoms with Crippen molar-refractivity contribution in [1.82, 2.24) is 15.1 Å². The largest absolute Gasteiger partial charge is 0.481 e. The molecule has 10 heteroatoms. The van der Waals surface area contributed by atoms with Crippen LogP contribution in [0.3, 0.4) is 0 Å². The first kappa shape index (κ1) is 25.8. The molecule has 2 atom stereocenters. The first-order valence-electron chi connectivity index (χ1n) is 11.0. The summed E-state index contributed by atoms with van der Waals surface area (Å²) in [4.78, 5) is 24.4. The molecule has 0 aliphatic heterocycles. The van der Waals surface area contributed by atoms with Gasteiger partial charge in [-0.15, -0.1) is 0 Å². The van der Waals surface area contributed by atoms with Crippen molar-refractivity contribution in [2.45, 2.75) is 38.8 Å². The normalized spacial score (nSPS) is 13.8. The van der Waals surface area contributed by atoms with E-state index in [4.69, 9.17) is 4.74 Å². The van der Waals surface area contributed by atoms with E-state index >= 15 is 0 Å². The lowest BCUT2D eigenvalue weighted by molar-refractivity contribution is -0.137. The number of carbonyl (C=O) groups is 2. The van der Waals surface area contributed by atoms with Crippen molar-refractivity contribution < 1.29 is 33.3 Å². The van der Waals surface area contributed by atoms with Crippen LogP contribution in [0.2, 0.25) is 0 Å². The Hall–Kier alpha value is -3.79. The molecule has 0 fully saturated rings. The fraction of sp³-hybridized carbons (Fsp3) is 0.320. The van der Waals surface area contributed by atoms with E-state index in [0.717, 1.165) is 16.8 Å². The molecule has 1 heterocycles. The summed E-state index contributed by atoms with van der Waals surface area (Å²) >= 11 is 0. The van der Waals surface area contributed by atoms with Crippen molar-refractivity contribution in [3.63, 3.8) is 0 Å². The van der Waals surface area contributed by atoms with Crippen molar-refractivity contribution in [1.29, 1.82) is 0 Å². The van der Waals surface area contributed by atoms with Crippen LogP contribution in [0.25, 0.3) is 5.69 Å². The molecule has 3 N–H and O–H groups in total. The molecule has 8 nitrogen and oxygen atoms in total. The Bertz CT molecular complexity index is 1190. The highest BCUT2D eigenvalue weighted by Crippen LogP contribution is 2.25. The number of hydrogen-bond acceptors (Lipinski definition) is 5. The van der Waals surface area contributed by atoms with Crippen LogP contribution in [0.15, 0.2) is 54.6 Å². The van der Waals surface area contributed by atoms with Crippen molar-refractivity contribution in [3.05, 3.63) is 77.5 Å². The molecule has 35 heavy (non-hydrogen) atoms. The molecule has 0 saturated heterocycles. The standard InChI is InChI=1S/C25H27F2N3O5/c1-15(2)25(3,34)14-35-22-12-20(29-30(22)21-7-5-4-6-18(21)27)24(33)28-19(13-23(31)32)16-8-10-17(26)11-9-16/h4-12,15,19,34H,13-14H2,1-3H3,(H,28,33)(H,31,32)/t19-,25+/m0/s1. The number of amides is 1. The summed E-state index contributed by atoms with van der Waals surface area (Å²) in [6, 6.07) is 11.2. The molecular formula is C25H27F2N3O5. The number of carboxylic acids is 1. The average Bonchev–Trinajstić information content (AvgIpc) is 3.22. The maximum Gasteiger partial charge on any atom is 0.305 e. The summed E-state index contributed by atoms with van der Waals surface area (Å²) in [7, 11) is 0. The Kier molecular flexibility index (Phi) is 7.85.